The van der Waals surface area contributed by atoms with Crippen LogP contribution in [0.1, 0.15) is 64.7 Å². The topological polar surface area (TPSA) is 78.4 Å². The van der Waals surface area contributed by atoms with Gasteiger partial charge >= 0.3 is 12.0 Å². The van der Waals surface area contributed by atoms with Crippen molar-refractivity contribution in [2.75, 3.05) is 6.54 Å². The average molecular weight is 296 g/mol. The Kier molecular flexibility index (Phi) is 5.48. The van der Waals surface area contributed by atoms with Crippen molar-refractivity contribution in [3.05, 3.63) is 0 Å². The highest BCUT2D eigenvalue weighted by atomic mass is 16.4. The number of rotatable bonds is 5. The van der Waals surface area contributed by atoms with Crippen molar-refractivity contribution in [2.24, 2.45) is 11.3 Å². The van der Waals surface area contributed by atoms with Gasteiger partial charge in [0.2, 0.25) is 0 Å². The Morgan fingerprint density at radius 1 is 1.14 bits per heavy atom. The molecular weight excluding hydrogens is 268 g/mol. The average Bonchev–Trinajstić information content (AvgIpc) is 2.60. The summed E-state index contributed by atoms with van der Waals surface area (Å²) in [6, 6.07) is -0.0482. The van der Waals surface area contributed by atoms with Crippen LogP contribution in [0.2, 0.25) is 0 Å². The first-order valence-electron chi connectivity index (χ1n) is 8.31. The molecule has 0 aliphatic heterocycles. The summed E-state index contributed by atoms with van der Waals surface area (Å²) in [5.74, 6) is -0.182. The third kappa shape index (κ3) is 4.11. The van der Waals surface area contributed by atoms with Crippen molar-refractivity contribution in [1.29, 1.82) is 0 Å². The number of aliphatic carboxylic acids is 1. The minimum absolute atomic E-state index is 0.175. The second kappa shape index (κ2) is 7.14. The van der Waals surface area contributed by atoms with Crippen molar-refractivity contribution in [2.45, 2.75) is 70.8 Å². The fourth-order valence-corrected chi connectivity index (χ4v) is 3.44. The number of carbonyl (C=O) groups excluding carboxylic acids is 1. The number of carboxylic acids is 1. The molecule has 0 spiro atoms. The van der Waals surface area contributed by atoms with Crippen LogP contribution in [0, 0.1) is 11.3 Å². The van der Waals surface area contributed by atoms with Crippen LogP contribution < -0.4 is 10.6 Å². The van der Waals surface area contributed by atoms with E-state index in [0.29, 0.717) is 18.8 Å². The van der Waals surface area contributed by atoms with Gasteiger partial charge < -0.3 is 15.7 Å². The summed E-state index contributed by atoms with van der Waals surface area (Å²) in [4.78, 5) is 23.6. The predicted molar refractivity (Wildman–Crippen MR) is 81.1 cm³/mol. The van der Waals surface area contributed by atoms with Crippen LogP contribution in [-0.2, 0) is 4.79 Å². The third-order valence-electron chi connectivity index (χ3n) is 5.32. The van der Waals surface area contributed by atoms with Gasteiger partial charge in [0, 0.05) is 12.6 Å². The molecule has 2 saturated carbocycles. The number of hydrogen-bond donors (Lipinski definition) is 3. The molecule has 0 aromatic heterocycles. The molecule has 2 fully saturated rings. The van der Waals surface area contributed by atoms with Gasteiger partial charge in [-0.25, -0.2) is 4.79 Å². The van der Waals surface area contributed by atoms with Crippen LogP contribution in [0.5, 0.6) is 0 Å². The number of carboxylic acid groups (broad SMARTS) is 1. The van der Waals surface area contributed by atoms with Gasteiger partial charge in [0.25, 0.3) is 0 Å². The summed E-state index contributed by atoms with van der Waals surface area (Å²) in [6.07, 6.45) is 9.02. The first-order chi connectivity index (χ1) is 10.0. The summed E-state index contributed by atoms with van der Waals surface area (Å²) in [6.45, 7) is 2.27. The molecule has 1 atom stereocenters. The molecule has 3 N–H and O–H groups in total. The monoisotopic (exact) mass is 296 g/mol. The summed E-state index contributed by atoms with van der Waals surface area (Å²) in [7, 11) is 0. The Hall–Kier alpha value is -1.26. The van der Waals surface area contributed by atoms with Gasteiger partial charge in [-0.3, -0.25) is 4.79 Å². The zero-order valence-electron chi connectivity index (χ0n) is 13.0. The van der Waals surface area contributed by atoms with E-state index in [9.17, 15) is 14.7 Å². The molecule has 1 unspecified atom stereocenters. The van der Waals surface area contributed by atoms with Gasteiger partial charge in [0.15, 0.2) is 0 Å². The van der Waals surface area contributed by atoms with Crippen molar-refractivity contribution in [3.8, 4) is 0 Å². The lowest BCUT2D eigenvalue weighted by molar-refractivity contribution is -0.149. The summed E-state index contributed by atoms with van der Waals surface area (Å²) >= 11 is 0. The van der Waals surface area contributed by atoms with E-state index in [0.717, 1.165) is 25.7 Å². The fourth-order valence-electron chi connectivity index (χ4n) is 3.44. The number of amides is 2. The summed E-state index contributed by atoms with van der Waals surface area (Å²) < 4.78 is 0. The van der Waals surface area contributed by atoms with Gasteiger partial charge in [-0.2, -0.15) is 0 Å². The molecule has 120 valence electrons. The molecule has 0 bridgehead atoms. The molecule has 2 aliphatic carbocycles. The van der Waals surface area contributed by atoms with Crippen LogP contribution in [0.3, 0.4) is 0 Å². The Labute approximate surface area is 126 Å². The van der Waals surface area contributed by atoms with Crippen LogP contribution in [-0.4, -0.2) is 29.7 Å². The fraction of sp³-hybridized carbons (Fsp3) is 0.875. The molecule has 2 rings (SSSR count). The Bertz CT molecular complexity index is 372. The maximum Gasteiger partial charge on any atom is 0.315 e. The van der Waals surface area contributed by atoms with Gasteiger partial charge in [-0.1, -0.05) is 32.1 Å². The number of hydrogen-bond acceptors (Lipinski definition) is 2. The molecule has 0 heterocycles. The highest BCUT2D eigenvalue weighted by Crippen LogP contribution is 2.35. The van der Waals surface area contributed by atoms with E-state index in [1.54, 1.807) is 0 Å². The van der Waals surface area contributed by atoms with Crippen molar-refractivity contribution in [1.82, 2.24) is 10.6 Å². The second-order valence-electron chi connectivity index (χ2n) is 6.81. The van der Waals surface area contributed by atoms with E-state index in [-0.39, 0.29) is 18.6 Å². The van der Waals surface area contributed by atoms with Crippen molar-refractivity contribution >= 4 is 12.0 Å². The quantitative estimate of drug-likeness (QED) is 0.683. The minimum Gasteiger partial charge on any atom is -0.481 e. The molecule has 0 aromatic rings. The van der Waals surface area contributed by atoms with Crippen LogP contribution in [0.4, 0.5) is 4.79 Å². The van der Waals surface area contributed by atoms with Gasteiger partial charge in [-0.15, -0.1) is 0 Å². The normalized spacial score (nSPS) is 23.5. The molecular formula is C16H28N2O3. The number of nitrogens with one attached hydrogen (secondary N) is 2. The van der Waals surface area contributed by atoms with Gasteiger partial charge in [0.1, 0.15) is 0 Å². The first-order valence-corrected chi connectivity index (χ1v) is 8.31. The maximum absolute atomic E-state index is 12.0. The van der Waals surface area contributed by atoms with Crippen LogP contribution in [0.15, 0.2) is 0 Å². The van der Waals surface area contributed by atoms with Crippen molar-refractivity contribution < 1.29 is 14.7 Å². The van der Waals surface area contributed by atoms with Crippen LogP contribution in [0.25, 0.3) is 0 Å². The van der Waals surface area contributed by atoms with E-state index in [4.69, 9.17) is 0 Å². The van der Waals surface area contributed by atoms with E-state index in [2.05, 4.69) is 10.6 Å². The largest absolute Gasteiger partial charge is 0.481 e. The smallest absolute Gasteiger partial charge is 0.315 e. The van der Waals surface area contributed by atoms with E-state index in [1.165, 1.54) is 19.3 Å². The van der Waals surface area contributed by atoms with E-state index >= 15 is 0 Å². The Morgan fingerprint density at radius 2 is 1.76 bits per heavy atom. The first kappa shape index (κ1) is 16.1. The molecule has 0 aromatic carbocycles. The lowest BCUT2D eigenvalue weighted by Gasteiger charge is -2.33. The van der Waals surface area contributed by atoms with E-state index < -0.39 is 11.4 Å². The second-order valence-corrected chi connectivity index (χ2v) is 6.81. The lowest BCUT2D eigenvalue weighted by Crippen LogP contribution is -2.50. The Balaban J connectivity index is 1.83. The number of urea groups is 1. The molecule has 0 saturated heterocycles. The summed E-state index contributed by atoms with van der Waals surface area (Å²) in [5, 5.41) is 15.3. The molecule has 5 nitrogen and oxygen atoms in total. The Morgan fingerprint density at radius 3 is 2.24 bits per heavy atom. The highest BCUT2D eigenvalue weighted by Gasteiger charge is 2.39. The SMILES string of the molecule is CC(NC(=O)NCC1(C(=O)O)CCCCCC1)C1CCC1. The summed E-state index contributed by atoms with van der Waals surface area (Å²) in [5.41, 5.74) is -0.770. The molecule has 2 amide bonds. The zero-order valence-corrected chi connectivity index (χ0v) is 13.0. The standard InChI is InChI=1S/C16H28N2O3/c1-12(13-7-6-8-13)18-15(21)17-11-16(14(19)20)9-4-2-3-5-10-16/h12-13H,2-11H2,1H3,(H,19,20)(H2,17,18,21). The molecule has 21 heavy (non-hydrogen) atoms. The number of carbonyl (C=O) groups is 2. The highest BCUT2D eigenvalue weighted by molar-refractivity contribution is 5.78. The van der Waals surface area contributed by atoms with Gasteiger partial charge in [0.05, 0.1) is 5.41 Å². The maximum atomic E-state index is 12.0. The van der Waals surface area contributed by atoms with Crippen LogP contribution >= 0.6 is 0 Å². The third-order valence-corrected chi connectivity index (χ3v) is 5.32. The molecule has 5 heteroatoms. The predicted octanol–water partition coefficient (Wildman–Crippen LogP) is 2.90. The molecule has 0 radical (unpaired) electrons. The van der Waals surface area contributed by atoms with Gasteiger partial charge in [-0.05, 0) is 38.5 Å². The molecule has 2 aliphatic rings. The van der Waals surface area contributed by atoms with Crippen molar-refractivity contribution in [3.63, 3.8) is 0 Å². The lowest BCUT2D eigenvalue weighted by atomic mass is 9.80. The minimum atomic E-state index is -0.770. The zero-order chi connectivity index (χ0) is 15.3. The van der Waals surface area contributed by atoms with E-state index in [1.807, 2.05) is 6.92 Å².